The van der Waals surface area contributed by atoms with Gasteiger partial charge < -0.3 is 14.7 Å². The third-order valence-electron chi connectivity index (χ3n) is 3.36. The molecule has 2 atom stereocenters. The van der Waals surface area contributed by atoms with Gasteiger partial charge in [-0.05, 0) is 25.1 Å². The van der Waals surface area contributed by atoms with Crippen LogP contribution in [0.5, 0.6) is 0 Å². The van der Waals surface area contributed by atoms with Crippen molar-refractivity contribution >= 4 is 29.3 Å². The Morgan fingerprint density at radius 1 is 1.45 bits per heavy atom. The molecule has 1 aromatic heterocycles. The Labute approximate surface area is 121 Å². The molecule has 1 saturated heterocycles. The van der Waals surface area contributed by atoms with Crippen LogP contribution in [0.25, 0.3) is 6.08 Å². The number of thiophene rings is 1. The molecule has 0 aromatic carbocycles. The van der Waals surface area contributed by atoms with E-state index < -0.39 is 17.9 Å². The maximum Gasteiger partial charge on any atom is 0.311 e. The van der Waals surface area contributed by atoms with Crippen molar-refractivity contribution in [3.8, 4) is 0 Å². The number of likely N-dealkylation sites (N-methyl/N-ethyl adjacent to an activating group) is 1. The molecule has 1 amide bonds. The van der Waals surface area contributed by atoms with Gasteiger partial charge in [0, 0.05) is 22.9 Å². The van der Waals surface area contributed by atoms with Crippen LogP contribution in [-0.2, 0) is 14.3 Å². The topological polar surface area (TPSA) is 66.8 Å². The maximum absolute atomic E-state index is 12.1. The van der Waals surface area contributed by atoms with Crippen LogP contribution in [-0.4, -0.2) is 48.2 Å². The van der Waals surface area contributed by atoms with Gasteiger partial charge in [0.1, 0.15) is 5.92 Å². The lowest BCUT2D eigenvalue weighted by Crippen LogP contribution is -2.43. The van der Waals surface area contributed by atoms with Crippen molar-refractivity contribution in [2.75, 3.05) is 20.3 Å². The first-order valence-electron chi connectivity index (χ1n) is 6.31. The van der Waals surface area contributed by atoms with Gasteiger partial charge in [0.15, 0.2) is 0 Å². The van der Waals surface area contributed by atoms with Gasteiger partial charge in [-0.2, -0.15) is 0 Å². The van der Waals surface area contributed by atoms with Crippen molar-refractivity contribution in [2.45, 2.75) is 13.0 Å². The Hall–Kier alpha value is -1.66. The molecule has 1 aromatic rings. The van der Waals surface area contributed by atoms with E-state index in [1.807, 2.05) is 19.1 Å². The van der Waals surface area contributed by atoms with E-state index in [2.05, 4.69) is 0 Å². The Bertz CT molecular complexity index is 537. The van der Waals surface area contributed by atoms with E-state index in [1.54, 1.807) is 24.5 Å². The zero-order valence-corrected chi connectivity index (χ0v) is 12.2. The van der Waals surface area contributed by atoms with E-state index >= 15 is 0 Å². The summed E-state index contributed by atoms with van der Waals surface area (Å²) in [6, 6.07) is 3.53. The van der Waals surface area contributed by atoms with Gasteiger partial charge >= 0.3 is 5.97 Å². The lowest BCUT2D eigenvalue weighted by molar-refractivity contribution is -0.143. The number of aliphatic carboxylic acids is 1. The minimum atomic E-state index is -0.926. The molecule has 1 aliphatic heterocycles. The molecule has 0 saturated carbocycles. The average Bonchev–Trinajstić information content (AvgIpc) is 3.03. The van der Waals surface area contributed by atoms with Crippen LogP contribution in [0.1, 0.15) is 9.75 Å². The zero-order valence-electron chi connectivity index (χ0n) is 11.4. The molecule has 2 rings (SSSR count). The number of carboxylic acid groups (broad SMARTS) is 1. The summed E-state index contributed by atoms with van der Waals surface area (Å²) in [5, 5.41) is 9.09. The van der Waals surface area contributed by atoms with E-state index in [0.29, 0.717) is 0 Å². The molecule has 0 aliphatic carbocycles. The predicted molar refractivity (Wildman–Crippen MR) is 76.6 cm³/mol. The molecule has 1 fully saturated rings. The second-order valence-electron chi connectivity index (χ2n) is 4.78. The first-order chi connectivity index (χ1) is 9.49. The van der Waals surface area contributed by atoms with Crippen LogP contribution in [0.4, 0.5) is 0 Å². The SMILES string of the molecule is Cc1ccc(C=CC(=O)N(C)C2COCC2C(=O)O)s1. The van der Waals surface area contributed by atoms with E-state index in [-0.39, 0.29) is 19.1 Å². The summed E-state index contributed by atoms with van der Waals surface area (Å²) in [7, 11) is 1.61. The fourth-order valence-electron chi connectivity index (χ4n) is 2.14. The van der Waals surface area contributed by atoms with Crippen molar-refractivity contribution in [3.63, 3.8) is 0 Å². The molecule has 1 aliphatic rings. The van der Waals surface area contributed by atoms with Crippen molar-refractivity contribution < 1.29 is 19.4 Å². The van der Waals surface area contributed by atoms with Crippen molar-refractivity contribution in [1.29, 1.82) is 0 Å². The standard InChI is InChI=1S/C14H17NO4S/c1-9-3-4-10(20-9)5-6-13(16)15(2)12-8-19-7-11(12)14(17)18/h3-6,11-12H,7-8H2,1-2H3,(H,17,18). The van der Waals surface area contributed by atoms with Gasteiger partial charge in [-0.25, -0.2) is 0 Å². The van der Waals surface area contributed by atoms with Gasteiger partial charge in [0.25, 0.3) is 0 Å². The summed E-state index contributed by atoms with van der Waals surface area (Å²) in [5.41, 5.74) is 0. The number of rotatable bonds is 4. The number of ether oxygens (including phenoxy) is 1. The number of carbonyl (C=O) groups excluding carboxylic acids is 1. The number of aryl methyl sites for hydroxylation is 1. The summed E-state index contributed by atoms with van der Waals surface area (Å²) in [6.45, 7) is 2.43. The summed E-state index contributed by atoms with van der Waals surface area (Å²) in [5.74, 6) is -1.79. The maximum atomic E-state index is 12.1. The second-order valence-corrected chi connectivity index (χ2v) is 6.10. The second kappa shape index (κ2) is 6.19. The van der Waals surface area contributed by atoms with Crippen LogP contribution >= 0.6 is 11.3 Å². The van der Waals surface area contributed by atoms with E-state index in [0.717, 1.165) is 4.88 Å². The Morgan fingerprint density at radius 2 is 2.20 bits per heavy atom. The Kier molecular flexibility index (Phi) is 4.57. The van der Waals surface area contributed by atoms with Gasteiger partial charge in [-0.15, -0.1) is 11.3 Å². The minimum absolute atomic E-state index is 0.158. The smallest absolute Gasteiger partial charge is 0.311 e. The van der Waals surface area contributed by atoms with Crippen LogP contribution < -0.4 is 0 Å². The highest BCUT2D eigenvalue weighted by Crippen LogP contribution is 2.20. The van der Waals surface area contributed by atoms with Crippen LogP contribution in [0.2, 0.25) is 0 Å². The third-order valence-corrected chi connectivity index (χ3v) is 4.33. The van der Waals surface area contributed by atoms with Gasteiger partial charge in [-0.1, -0.05) is 0 Å². The highest BCUT2D eigenvalue weighted by atomic mass is 32.1. The first kappa shape index (κ1) is 14.7. The zero-order chi connectivity index (χ0) is 14.7. The first-order valence-corrected chi connectivity index (χ1v) is 7.12. The molecule has 108 valence electrons. The molecule has 20 heavy (non-hydrogen) atoms. The predicted octanol–water partition coefficient (Wildman–Crippen LogP) is 1.63. The molecule has 2 unspecified atom stereocenters. The Morgan fingerprint density at radius 3 is 2.80 bits per heavy atom. The lowest BCUT2D eigenvalue weighted by atomic mass is 10.0. The van der Waals surface area contributed by atoms with E-state index in [4.69, 9.17) is 9.84 Å². The molecule has 0 spiro atoms. The summed E-state index contributed by atoms with van der Waals surface area (Å²) < 4.78 is 5.17. The molecule has 1 N–H and O–H groups in total. The summed E-state index contributed by atoms with van der Waals surface area (Å²) in [4.78, 5) is 26.8. The highest BCUT2D eigenvalue weighted by molar-refractivity contribution is 7.12. The van der Waals surface area contributed by atoms with Crippen LogP contribution in [0.15, 0.2) is 18.2 Å². The molecule has 2 heterocycles. The normalized spacial score (nSPS) is 22.3. The molecular weight excluding hydrogens is 278 g/mol. The van der Waals surface area contributed by atoms with Crippen LogP contribution in [0.3, 0.4) is 0 Å². The molecule has 6 heteroatoms. The fourth-order valence-corrected chi connectivity index (χ4v) is 2.92. The summed E-state index contributed by atoms with van der Waals surface area (Å²) in [6.07, 6.45) is 3.23. The molecule has 5 nitrogen and oxygen atoms in total. The van der Waals surface area contributed by atoms with Crippen molar-refractivity contribution in [1.82, 2.24) is 4.90 Å². The van der Waals surface area contributed by atoms with Gasteiger partial charge in [0.05, 0.1) is 19.3 Å². The average molecular weight is 295 g/mol. The number of nitrogens with zero attached hydrogens (tertiary/aromatic N) is 1. The fraction of sp³-hybridized carbons (Fsp3) is 0.429. The monoisotopic (exact) mass is 295 g/mol. The number of hydrogen-bond acceptors (Lipinski definition) is 4. The quantitative estimate of drug-likeness (QED) is 0.857. The Balaban J connectivity index is 2.01. The number of amides is 1. The molecule has 0 radical (unpaired) electrons. The minimum Gasteiger partial charge on any atom is -0.481 e. The van der Waals surface area contributed by atoms with Crippen molar-refractivity contribution in [2.24, 2.45) is 5.92 Å². The van der Waals surface area contributed by atoms with Crippen LogP contribution in [0, 0.1) is 12.8 Å². The van der Waals surface area contributed by atoms with E-state index in [9.17, 15) is 9.59 Å². The van der Waals surface area contributed by atoms with Crippen molar-refractivity contribution in [3.05, 3.63) is 28.0 Å². The molecule has 0 bridgehead atoms. The van der Waals surface area contributed by atoms with Gasteiger partial charge in [-0.3, -0.25) is 9.59 Å². The third kappa shape index (κ3) is 3.26. The lowest BCUT2D eigenvalue weighted by Gasteiger charge is -2.25. The highest BCUT2D eigenvalue weighted by Gasteiger charge is 2.37. The largest absolute Gasteiger partial charge is 0.481 e. The summed E-state index contributed by atoms with van der Waals surface area (Å²) >= 11 is 1.60. The van der Waals surface area contributed by atoms with Gasteiger partial charge in [0.2, 0.25) is 5.91 Å². The number of carboxylic acids is 1. The number of carbonyl (C=O) groups is 2. The molecular formula is C14H17NO4S. The number of hydrogen-bond donors (Lipinski definition) is 1. The van der Waals surface area contributed by atoms with E-state index in [1.165, 1.54) is 15.9 Å².